The monoisotopic (exact) mass is 427 g/mol. The van der Waals surface area contributed by atoms with Gasteiger partial charge in [0.25, 0.3) is 5.91 Å². The number of carbonyl (C=O) groups is 3. The Hall–Kier alpha value is -2.92. The van der Waals surface area contributed by atoms with Gasteiger partial charge in [-0.1, -0.05) is 20.8 Å². The summed E-state index contributed by atoms with van der Waals surface area (Å²) >= 11 is 0. The predicted molar refractivity (Wildman–Crippen MR) is 119 cm³/mol. The SMILES string of the molecule is CC(=O)Nc1ccc(C(=O)NC(CC(C)(C)C)C(=O)NC2(C#N)CCN(C)CC2)cc1. The summed E-state index contributed by atoms with van der Waals surface area (Å²) in [5.41, 5.74) is -0.150. The first-order valence-electron chi connectivity index (χ1n) is 10.5. The number of amides is 3. The predicted octanol–water partition coefficient (Wildman–Crippen LogP) is 2.28. The van der Waals surface area contributed by atoms with E-state index in [0.717, 1.165) is 13.1 Å². The van der Waals surface area contributed by atoms with E-state index in [0.29, 0.717) is 30.5 Å². The summed E-state index contributed by atoms with van der Waals surface area (Å²) in [6, 6.07) is 7.99. The number of piperidine rings is 1. The van der Waals surface area contributed by atoms with Gasteiger partial charge in [-0.3, -0.25) is 14.4 Å². The number of likely N-dealkylation sites (tertiary alicyclic amines) is 1. The second-order valence-corrected chi connectivity index (χ2v) is 9.54. The Kier molecular flexibility index (Phi) is 7.80. The van der Waals surface area contributed by atoms with Crippen molar-refractivity contribution in [1.82, 2.24) is 15.5 Å². The van der Waals surface area contributed by atoms with Crippen molar-refractivity contribution in [2.24, 2.45) is 5.41 Å². The first-order valence-corrected chi connectivity index (χ1v) is 10.5. The zero-order valence-electron chi connectivity index (χ0n) is 19.0. The van der Waals surface area contributed by atoms with Gasteiger partial charge in [0.1, 0.15) is 11.6 Å². The lowest BCUT2D eigenvalue weighted by molar-refractivity contribution is -0.125. The molecule has 1 aliphatic heterocycles. The van der Waals surface area contributed by atoms with Crippen LogP contribution in [0.3, 0.4) is 0 Å². The Bertz CT molecular complexity index is 843. The van der Waals surface area contributed by atoms with Crippen LogP contribution in [-0.4, -0.2) is 54.3 Å². The number of benzene rings is 1. The molecule has 1 heterocycles. The number of rotatable bonds is 6. The Morgan fingerprint density at radius 3 is 2.23 bits per heavy atom. The van der Waals surface area contributed by atoms with Gasteiger partial charge in [-0.05, 0) is 56.0 Å². The zero-order valence-corrected chi connectivity index (χ0v) is 19.0. The molecule has 8 heteroatoms. The van der Waals surface area contributed by atoms with Gasteiger partial charge in [0.05, 0.1) is 6.07 Å². The minimum atomic E-state index is -0.912. The zero-order chi connectivity index (χ0) is 23.2. The third-order valence-electron chi connectivity index (χ3n) is 5.32. The lowest BCUT2D eigenvalue weighted by Gasteiger charge is -2.37. The van der Waals surface area contributed by atoms with Gasteiger partial charge in [-0.25, -0.2) is 0 Å². The van der Waals surface area contributed by atoms with Crippen molar-refractivity contribution in [1.29, 1.82) is 5.26 Å². The summed E-state index contributed by atoms with van der Waals surface area (Å²) in [4.78, 5) is 39.2. The summed E-state index contributed by atoms with van der Waals surface area (Å²) in [5, 5.41) is 18.1. The molecule has 2 rings (SSSR count). The maximum absolute atomic E-state index is 13.1. The third-order valence-corrected chi connectivity index (χ3v) is 5.32. The van der Waals surface area contributed by atoms with Crippen LogP contribution in [0.15, 0.2) is 24.3 Å². The molecule has 1 atom stereocenters. The quantitative estimate of drug-likeness (QED) is 0.644. The highest BCUT2D eigenvalue weighted by atomic mass is 16.2. The van der Waals surface area contributed by atoms with E-state index in [2.05, 4.69) is 26.9 Å². The average Bonchev–Trinajstić information content (AvgIpc) is 2.68. The van der Waals surface area contributed by atoms with Crippen LogP contribution in [0.1, 0.15) is 57.3 Å². The number of hydrogen-bond donors (Lipinski definition) is 3. The molecular weight excluding hydrogens is 394 g/mol. The van der Waals surface area contributed by atoms with E-state index in [9.17, 15) is 19.6 Å². The maximum Gasteiger partial charge on any atom is 0.251 e. The smallest absolute Gasteiger partial charge is 0.251 e. The highest BCUT2D eigenvalue weighted by molar-refractivity contribution is 5.98. The van der Waals surface area contributed by atoms with Crippen molar-refractivity contribution in [3.63, 3.8) is 0 Å². The summed E-state index contributed by atoms with van der Waals surface area (Å²) in [7, 11) is 1.99. The van der Waals surface area contributed by atoms with Gasteiger partial charge in [-0.2, -0.15) is 5.26 Å². The molecule has 0 aromatic heterocycles. The fourth-order valence-electron chi connectivity index (χ4n) is 3.56. The normalized spacial score (nSPS) is 17.2. The molecule has 0 bridgehead atoms. The number of nitrogens with one attached hydrogen (secondary N) is 3. The standard InChI is InChI=1S/C23H33N5O3/c1-16(29)25-18-8-6-17(7-9-18)20(30)26-19(14-22(2,3)4)21(31)27-23(15-24)10-12-28(5)13-11-23/h6-9,19H,10-14H2,1-5H3,(H,25,29)(H,26,30)(H,27,31). The van der Waals surface area contributed by atoms with E-state index >= 15 is 0 Å². The van der Waals surface area contributed by atoms with E-state index in [1.165, 1.54) is 6.92 Å². The van der Waals surface area contributed by atoms with Crippen LogP contribution in [0.25, 0.3) is 0 Å². The summed E-state index contributed by atoms with van der Waals surface area (Å²) in [5.74, 6) is -0.920. The van der Waals surface area contributed by atoms with Gasteiger partial charge in [0.15, 0.2) is 0 Å². The van der Waals surface area contributed by atoms with Gasteiger partial charge in [0.2, 0.25) is 11.8 Å². The van der Waals surface area contributed by atoms with Crippen LogP contribution < -0.4 is 16.0 Å². The second-order valence-electron chi connectivity index (χ2n) is 9.54. The van der Waals surface area contributed by atoms with Crippen LogP contribution in [0.4, 0.5) is 5.69 Å². The number of hydrogen-bond acceptors (Lipinski definition) is 5. The maximum atomic E-state index is 13.1. The highest BCUT2D eigenvalue weighted by Gasteiger charge is 2.38. The van der Waals surface area contributed by atoms with Crippen molar-refractivity contribution in [3.8, 4) is 6.07 Å². The Morgan fingerprint density at radius 2 is 1.74 bits per heavy atom. The molecule has 1 aliphatic rings. The molecule has 3 amide bonds. The minimum absolute atomic E-state index is 0.195. The highest BCUT2D eigenvalue weighted by Crippen LogP contribution is 2.24. The molecule has 1 unspecified atom stereocenters. The van der Waals surface area contributed by atoms with Crippen LogP contribution in [0.5, 0.6) is 0 Å². The van der Waals surface area contributed by atoms with Crippen LogP contribution in [-0.2, 0) is 9.59 Å². The van der Waals surface area contributed by atoms with Crippen molar-refractivity contribution in [2.45, 2.75) is 58.5 Å². The van der Waals surface area contributed by atoms with E-state index in [-0.39, 0.29) is 23.1 Å². The molecule has 3 N–H and O–H groups in total. The summed E-state index contributed by atoms with van der Waals surface area (Å²) in [6.45, 7) is 8.86. The van der Waals surface area contributed by atoms with Gasteiger partial charge < -0.3 is 20.9 Å². The van der Waals surface area contributed by atoms with E-state index in [4.69, 9.17) is 0 Å². The van der Waals surface area contributed by atoms with Crippen molar-refractivity contribution < 1.29 is 14.4 Å². The van der Waals surface area contributed by atoms with Crippen LogP contribution >= 0.6 is 0 Å². The van der Waals surface area contributed by atoms with Crippen molar-refractivity contribution >= 4 is 23.4 Å². The number of nitrogens with zero attached hydrogens (tertiary/aromatic N) is 2. The molecule has 168 valence electrons. The molecule has 0 saturated carbocycles. The fourth-order valence-corrected chi connectivity index (χ4v) is 3.56. The second kappa shape index (κ2) is 9.92. The van der Waals surface area contributed by atoms with Crippen molar-refractivity contribution in [2.75, 3.05) is 25.5 Å². The number of nitriles is 1. The number of anilines is 1. The Balaban J connectivity index is 2.14. The molecule has 1 fully saturated rings. The molecule has 0 radical (unpaired) electrons. The molecule has 0 spiro atoms. The topological polar surface area (TPSA) is 114 Å². The van der Waals surface area contributed by atoms with Gasteiger partial charge in [0, 0.05) is 31.3 Å². The molecule has 8 nitrogen and oxygen atoms in total. The lowest BCUT2D eigenvalue weighted by Crippen LogP contribution is -2.59. The van der Waals surface area contributed by atoms with Crippen molar-refractivity contribution in [3.05, 3.63) is 29.8 Å². The fraction of sp³-hybridized carbons (Fsp3) is 0.565. The minimum Gasteiger partial charge on any atom is -0.340 e. The first-order chi connectivity index (χ1) is 14.4. The Labute approximate surface area is 184 Å². The summed E-state index contributed by atoms with van der Waals surface area (Å²) < 4.78 is 0. The van der Waals surface area contributed by atoms with Gasteiger partial charge in [-0.15, -0.1) is 0 Å². The van der Waals surface area contributed by atoms with Crippen LogP contribution in [0, 0.1) is 16.7 Å². The number of carbonyl (C=O) groups excluding carboxylic acids is 3. The lowest BCUT2D eigenvalue weighted by atomic mass is 9.85. The molecule has 1 aromatic carbocycles. The molecule has 0 aliphatic carbocycles. The third kappa shape index (κ3) is 7.37. The van der Waals surface area contributed by atoms with E-state index < -0.39 is 11.6 Å². The van der Waals surface area contributed by atoms with E-state index in [1.54, 1.807) is 24.3 Å². The molecule has 1 saturated heterocycles. The van der Waals surface area contributed by atoms with E-state index in [1.807, 2.05) is 27.8 Å². The first kappa shape index (κ1) is 24.4. The van der Waals surface area contributed by atoms with Crippen LogP contribution in [0.2, 0.25) is 0 Å². The average molecular weight is 428 g/mol. The molecule has 1 aromatic rings. The Morgan fingerprint density at radius 1 is 1.16 bits per heavy atom. The molecule has 31 heavy (non-hydrogen) atoms. The summed E-state index contributed by atoms with van der Waals surface area (Å²) in [6.07, 6.45) is 1.52. The van der Waals surface area contributed by atoms with Gasteiger partial charge >= 0.3 is 0 Å². The molecular formula is C23H33N5O3. The largest absolute Gasteiger partial charge is 0.340 e.